The number of nitrogens with zero attached hydrogens (tertiary/aromatic N) is 1. The Morgan fingerprint density at radius 1 is 1.39 bits per heavy atom. The first-order valence-electron chi connectivity index (χ1n) is 7.79. The summed E-state index contributed by atoms with van der Waals surface area (Å²) in [5.74, 6) is 0.928. The topological polar surface area (TPSA) is 24.5 Å². The van der Waals surface area contributed by atoms with E-state index in [0.29, 0.717) is 5.41 Å². The van der Waals surface area contributed by atoms with Gasteiger partial charge >= 0.3 is 0 Å². The van der Waals surface area contributed by atoms with Gasteiger partial charge in [0.15, 0.2) is 0 Å². The number of rotatable bonds is 6. The van der Waals surface area contributed by atoms with Crippen molar-refractivity contribution in [3.63, 3.8) is 0 Å². The van der Waals surface area contributed by atoms with Gasteiger partial charge in [0.2, 0.25) is 0 Å². The normalized spacial score (nSPS) is 34.0. The number of piperidine rings is 1. The van der Waals surface area contributed by atoms with Crippen molar-refractivity contribution in [2.75, 3.05) is 45.9 Å². The van der Waals surface area contributed by atoms with Crippen LogP contribution in [0.5, 0.6) is 0 Å². The molecule has 0 spiro atoms. The highest BCUT2D eigenvalue weighted by molar-refractivity contribution is 4.89. The third kappa shape index (κ3) is 3.69. The Bertz CT molecular complexity index is 239. The van der Waals surface area contributed by atoms with Gasteiger partial charge < -0.3 is 15.0 Å². The van der Waals surface area contributed by atoms with E-state index in [4.69, 9.17) is 4.74 Å². The Hall–Kier alpha value is -0.120. The van der Waals surface area contributed by atoms with Crippen LogP contribution in [-0.4, -0.2) is 50.8 Å². The number of ether oxygens (including phenoxy) is 1. The molecule has 2 fully saturated rings. The molecule has 0 bridgehead atoms. The minimum absolute atomic E-state index is 0.381. The average Bonchev–Trinajstić information content (AvgIpc) is 2.85. The Kier molecular flexibility index (Phi) is 5.46. The van der Waals surface area contributed by atoms with Crippen LogP contribution in [0.15, 0.2) is 0 Å². The second-order valence-corrected chi connectivity index (χ2v) is 6.23. The molecule has 2 rings (SSSR count). The second kappa shape index (κ2) is 6.88. The Morgan fingerprint density at radius 2 is 2.28 bits per heavy atom. The first-order chi connectivity index (χ1) is 8.78. The van der Waals surface area contributed by atoms with Gasteiger partial charge in [-0.3, -0.25) is 0 Å². The molecule has 3 heteroatoms. The fourth-order valence-electron chi connectivity index (χ4n) is 3.46. The molecule has 0 radical (unpaired) electrons. The summed E-state index contributed by atoms with van der Waals surface area (Å²) in [6, 6.07) is 0. The zero-order valence-electron chi connectivity index (χ0n) is 12.2. The highest BCUT2D eigenvalue weighted by Gasteiger charge is 2.37. The molecule has 0 aromatic rings. The summed E-state index contributed by atoms with van der Waals surface area (Å²) in [4.78, 5) is 2.70. The van der Waals surface area contributed by atoms with Gasteiger partial charge in [-0.1, -0.05) is 20.3 Å². The van der Waals surface area contributed by atoms with Gasteiger partial charge in [0.05, 0.1) is 6.61 Å². The largest absolute Gasteiger partial charge is 0.381 e. The molecule has 0 amide bonds. The number of nitrogens with one attached hydrogen (secondary N) is 1. The van der Waals surface area contributed by atoms with Crippen molar-refractivity contribution in [2.45, 2.75) is 39.5 Å². The maximum atomic E-state index is 5.69. The smallest absolute Gasteiger partial charge is 0.0547 e. The van der Waals surface area contributed by atoms with Crippen molar-refractivity contribution in [1.29, 1.82) is 0 Å². The van der Waals surface area contributed by atoms with Crippen LogP contribution in [0.3, 0.4) is 0 Å². The molecular weight excluding hydrogens is 224 g/mol. The Morgan fingerprint density at radius 3 is 2.94 bits per heavy atom. The van der Waals surface area contributed by atoms with E-state index in [-0.39, 0.29) is 0 Å². The van der Waals surface area contributed by atoms with Crippen LogP contribution in [0.4, 0.5) is 0 Å². The predicted molar refractivity (Wildman–Crippen MR) is 75.9 cm³/mol. The van der Waals surface area contributed by atoms with Crippen LogP contribution >= 0.6 is 0 Å². The summed E-state index contributed by atoms with van der Waals surface area (Å²) >= 11 is 0. The van der Waals surface area contributed by atoms with Crippen LogP contribution in [-0.2, 0) is 4.74 Å². The molecule has 3 nitrogen and oxygen atoms in total. The third-order valence-electron chi connectivity index (χ3n) is 4.67. The lowest BCUT2D eigenvalue weighted by Gasteiger charge is -2.39. The molecule has 2 aliphatic rings. The number of hydrogen-bond acceptors (Lipinski definition) is 3. The molecule has 18 heavy (non-hydrogen) atoms. The zero-order valence-corrected chi connectivity index (χ0v) is 12.2. The monoisotopic (exact) mass is 254 g/mol. The molecule has 1 N–H and O–H groups in total. The fourth-order valence-corrected chi connectivity index (χ4v) is 3.46. The summed E-state index contributed by atoms with van der Waals surface area (Å²) in [5.41, 5.74) is 0.381. The summed E-state index contributed by atoms with van der Waals surface area (Å²) in [6.45, 7) is 12.5. The summed E-state index contributed by atoms with van der Waals surface area (Å²) in [6.07, 6.45) is 5.39. The van der Waals surface area contributed by atoms with Crippen LogP contribution in [0.1, 0.15) is 39.5 Å². The Labute approximate surface area is 112 Å². The molecule has 2 saturated heterocycles. The standard InChI is InChI=1S/C15H30N2O/c1-3-14-6-5-8-17(10-14)12-15(11-16-4-2)7-9-18-13-15/h14,16H,3-13H2,1-2H3. The van der Waals surface area contributed by atoms with Crippen molar-refractivity contribution < 1.29 is 4.74 Å². The molecule has 2 unspecified atom stereocenters. The molecule has 0 aromatic heterocycles. The van der Waals surface area contributed by atoms with Crippen molar-refractivity contribution in [3.8, 4) is 0 Å². The van der Waals surface area contributed by atoms with Crippen molar-refractivity contribution >= 4 is 0 Å². The molecule has 106 valence electrons. The maximum absolute atomic E-state index is 5.69. The first-order valence-corrected chi connectivity index (χ1v) is 7.79. The van der Waals surface area contributed by atoms with E-state index in [1.807, 2.05) is 0 Å². The number of hydrogen-bond donors (Lipinski definition) is 1. The Balaban J connectivity index is 1.87. The van der Waals surface area contributed by atoms with Gasteiger partial charge in [-0.05, 0) is 38.3 Å². The average molecular weight is 254 g/mol. The summed E-state index contributed by atoms with van der Waals surface area (Å²) < 4.78 is 5.69. The van der Waals surface area contributed by atoms with E-state index in [1.54, 1.807) is 0 Å². The van der Waals surface area contributed by atoms with Crippen LogP contribution in [0, 0.1) is 11.3 Å². The van der Waals surface area contributed by atoms with E-state index in [0.717, 1.165) is 32.2 Å². The van der Waals surface area contributed by atoms with Gasteiger partial charge in [0.1, 0.15) is 0 Å². The molecule has 2 heterocycles. The van der Waals surface area contributed by atoms with Crippen molar-refractivity contribution in [3.05, 3.63) is 0 Å². The quantitative estimate of drug-likeness (QED) is 0.786. The summed E-state index contributed by atoms with van der Waals surface area (Å²) in [7, 11) is 0. The van der Waals surface area contributed by atoms with Gasteiger partial charge in [0.25, 0.3) is 0 Å². The van der Waals surface area contributed by atoms with E-state index in [9.17, 15) is 0 Å². The highest BCUT2D eigenvalue weighted by Crippen LogP contribution is 2.31. The van der Waals surface area contributed by atoms with Crippen molar-refractivity contribution in [1.82, 2.24) is 10.2 Å². The van der Waals surface area contributed by atoms with E-state index in [2.05, 4.69) is 24.1 Å². The number of likely N-dealkylation sites (tertiary alicyclic amines) is 1. The fraction of sp³-hybridized carbons (Fsp3) is 1.00. The van der Waals surface area contributed by atoms with Gasteiger partial charge in [-0.2, -0.15) is 0 Å². The van der Waals surface area contributed by atoms with Gasteiger partial charge in [0, 0.05) is 31.7 Å². The molecule has 2 atom stereocenters. The summed E-state index contributed by atoms with van der Waals surface area (Å²) in [5, 5.41) is 3.54. The molecule has 2 aliphatic heterocycles. The lowest BCUT2D eigenvalue weighted by Crippen LogP contribution is -2.47. The zero-order chi connectivity index (χ0) is 12.8. The molecule has 0 aromatic carbocycles. The molecule has 0 saturated carbocycles. The van der Waals surface area contributed by atoms with Gasteiger partial charge in [-0.15, -0.1) is 0 Å². The van der Waals surface area contributed by atoms with E-state index < -0.39 is 0 Å². The minimum atomic E-state index is 0.381. The molecule has 0 aliphatic carbocycles. The minimum Gasteiger partial charge on any atom is -0.381 e. The molecular formula is C15H30N2O. The lowest BCUT2D eigenvalue weighted by molar-refractivity contribution is 0.0820. The lowest BCUT2D eigenvalue weighted by atomic mass is 9.85. The van der Waals surface area contributed by atoms with Crippen molar-refractivity contribution in [2.24, 2.45) is 11.3 Å². The maximum Gasteiger partial charge on any atom is 0.0547 e. The highest BCUT2D eigenvalue weighted by atomic mass is 16.5. The third-order valence-corrected chi connectivity index (χ3v) is 4.67. The van der Waals surface area contributed by atoms with Gasteiger partial charge in [-0.25, -0.2) is 0 Å². The first kappa shape index (κ1) is 14.3. The van der Waals surface area contributed by atoms with Crippen LogP contribution in [0.2, 0.25) is 0 Å². The van der Waals surface area contributed by atoms with Crippen LogP contribution < -0.4 is 5.32 Å². The SMILES string of the molecule is CCNCC1(CN2CCCC(CC)C2)CCOC1. The second-order valence-electron chi connectivity index (χ2n) is 6.23. The van der Waals surface area contributed by atoms with E-state index in [1.165, 1.54) is 45.3 Å². The predicted octanol–water partition coefficient (Wildman–Crippen LogP) is 2.12. The van der Waals surface area contributed by atoms with E-state index >= 15 is 0 Å². The van der Waals surface area contributed by atoms with Crippen LogP contribution in [0.25, 0.3) is 0 Å².